The number of aromatic nitrogens is 3. The Morgan fingerprint density at radius 1 is 1.42 bits per heavy atom. The molecule has 0 unspecified atom stereocenters. The number of carbonyl (C=O) groups is 1. The van der Waals surface area contributed by atoms with Gasteiger partial charge in [0.2, 0.25) is 5.91 Å². The minimum atomic E-state index is -0.0737. The van der Waals surface area contributed by atoms with Crippen LogP contribution in [0.4, 0.5) is 5.82 Å². The average Bonchev–Trinajstić information content (AvgIpc) is 3.22. The maximum absolute atomic E-state index is 12.0. The van der Waals surface area contributed by atoms with E-state index in [0.29, 0.717) is 29.0 Å². The van der Waals surface area contributed by atoms with Crippen LogP contribution in [0.25, 0.3) is 11.7 Å². The molecule has 126 valence electrons. The summed E-state index contributed by atoms with van der Waals surface area (Å²) in [6.45, 7) is 3.74. The van der Waals surface area contributed by atoms with Gasteiger partial charge in [-0.25, -0.2) is 4.98 Å². The van der Waals surface area contributed by atoms with E-state index in [1.54, 1.807) is 30.1 Å². The van der Waals surface area contributed by atoms with Gasteiger partial charge in [-0.05, 0) is 26.0 Å². The van der Waals surface area contributed by atoms with Crippen molar-refractivity contribution in [3.05, 3.63) is 41.6 Å². The number of aryl methyl sites for hydroxylation is 3. The molecule has 0 aliphatic rings. The molecule has 0 saturated carbocycles. The number of furan rings is 1. The lowest BCUT2D eigenvalue weighted by molar-refractivity contribution is -0.113. The number of amides is 1. The first-order chi connectivity index (χ1) is 11.5. The fourth-order valence-electron chi connectivity index (χ4n) is 2.21. The Morgan fingerprint density at radius 2 is 2.25 bits per heavy atom. The van der Waals surface area contributed by atoms with Crippen LogP contribution in [0.2, 0.25) is 0 Å². The van der Waals surface area contributed by atoms with E-state index in [2.05, 4.69) is 15.4 Å². The third-order valence-corrected chi connectivity index (χ3v) is 4.31. The topological polar surface area (TPSA) is 86.1 Å². The molecular formula is C16H18N4O3S. The van der Waals surface area contributed by atoms with Crippen LogP contribution >= 0.6 is 11.8 Å². The molecule has 0 saturated heterocycles. The molecule has 0 aromatic carbocycles. The number of anilines is 1. The van der Waals surface area contributed by atoms with Gasteiger partial charge in [-0.2, -0.15) is 5.10 Å². The molecule has 7 nitrogen and oxygen atoms in total. The molecule has 1 amide bonds. The van der Waals surface area contributed by atoms with Crippen LogP contribution in [0.5, 0.6) is 0 Å². The predicted octanol–water partition coefficient (Wildman–Crippen LogP) is 3.16. The highest BCUT2D eigenvalue weighted by Crippen LogP contribution is 2.24. The molecule has 0 radical (unpaired) electrons. The zero-order chi connectivity index (χ0) is 17.1. The summed E-state index contributed by atoms with van der Waals surface area (Å²) in [7, 11) is 1.80. The molecule has 8 heteroatoms. The molecular weight excluding hydrogens is 328 g/mol. The van der Waals surface area contributed by atoms with Crippen LogP contribution in [0, 0.1) is 13.8 Å². The van der Waals surface area contributed by atoms with Crippen molar-refractivity contribution in [3.8, 4) is 11.7 Å². The number of hydrogen-bond donors (Lipinski definition) is 1. The van der Waals surface area contributed by atoms with Gasteiger partial charge in [0, 0.05) is 18.9 Å². The highest BCUT2D eigenvalue weighted by Gasteiger charge is 2.14. The molecule has 3 aromatic rings. The number of oxazole rings is 1. The lowest BCUT2D eigenvalue weighted by atomic mass is 10.4. The second-order valence-corrected chi connectivity index (χ2v) is 6.32. The molecule has 3 rings (SSSR count). The SMILES string of the molecule is Cc1cc(NC(=O)CSCc2nc(-c3ccco3)oc2C)n(C)n1. The predicted molar refractivity (Wildman–Crippen MR) is 91.7 cm³/mol. The van der Waals surface area contributed by atoms with Crippen molar-refractivity contribution < 1.29 is 13.6 Å². The Hall–Kier alpha value is -2.48. The van der Waals surface area contributed by atoms with Crippen molar-refractivity contribution in [2.24, 2.45) is 7.05 Å². The van der Waals surface area contributed by atoms with Crippen molar-refractivity contribution >= 4 is 23.5 Å². The van der Waals surface area contributed by atoms with Gasteiger partial charge < -0.3 is 14.2 Å². The fraction of sp³-hybridized carbons (Fsp3) is 0.312. The van der Waals surface area contributed by atoms with Gasteiger partial charge >= 0.3 is 0 Å². The van der Waals surface area contributed by atoms with E-state index in [9.17, 15) is 4.79 Å². The molecule has 0 spiro atoms. The van der Waals surface area contributed by atoms with Crippen molar-refractivity contribution in [1.29, 1.82) is 0 Å². The number of nitrogens with zero attached hydrogens (tertiary/aromatic N) is 3. The van der Waals surface area contributed by atoms with Crippen molar-refractivity contribution in [3.63, 3.8) is 0 Å². The Morgan fingerprint density at radius 3 is 2.92 bits per heavy atom. The highest BCUT2D eigenvalue weighted by molar-refractivity contribution is 7.99. The molecule has 0 aliphatic carbocycles. The minimum Gasteiger partial charge on any atom is -0.459 e. The molecule has 0 bridgehead atoms. The maximum atomic E-state index is 12.0. The maximum Gasteiger partial charge on any atom is 0.263 e. The van der Waals surface area contributed by atoms with Gasteiger partial charge in [0.1, 0.15) is 11.6 Å². The second kappa shape index (κ2) is 6.96. The Bertz CT molecular complexity index is 836. The monoisotopic (exact) mass is 346 g/mol. The standard InChI is InChI=1S/C16H18N4O3S/c1-10-7-14(20(3)19-10)18-15(21)9-24-8-12-11(2)23-16(17-12)13-5-4-6-22-13/h4-7H,8-9H2,1-3H3,(H,18,21). The molecule has 0 fully saturated rings. The van der Waals surface area contributed by atoms with Crippen molar-refractivity contribution in [2.75, 3.05) is 11.1 Å². The summed E-state index contributed by atoms with van der Waals surface area (Å²) in [5, 5.41) is 7.04. The lowest BCUT2D eigenvalue weighted by Crippen LogP contribution is -2.16. The number of rotatable bonds is 6. The summed E-state index contributed by atoms with van der Waals surface area (Å²) in [5.74, 6) is 3.32. The van der Waals surface area contributed by atoms with E-state index < -0.39 is 0 Å². The quantitative estimate of drug-likeness (QED) is 0.738. The molecule has 24 heavy (non-hydrogen) atoms. The smallest absolute Gasteiger partial charge is 0.263 e. The lowest BCUT2D eigenvalue weighted by Gasteiger charge is -2.04. The van der Waals surface area contributed by atoms with Gasteiger partial charge in [-0.15, -0.1) is 11.8 Å². The number of hydrogen-bond acceptors (Lipinski definition) is 6. The molecule has 0 aliphatic heterocycles. The Balaban J connectivity index is 1.53. The fourth-order valence-corrected chi connectivity index (χ4v) is 3.04. The summed E-state index contributed by atoms with van der Waals surface area (Å²) in [6, 6.07) is 5.42. The zero-order valence-corrected chi connectivity index (χ0v) is 14.5. The first-order valence-corrected chi connectivity index (χ1v) is 8.57. The molecule has 0 atom stereocenters. The van der Waals surface area contributed by atoms with E-state index in [4.69, 9.17) is 8.83 Å². The first-order valence-electron chi connectivity index (χ1n) is 7.41. The second-order valence-electron chi connectivity index (χ2n) is 5.33. The summed E-state index contributed by atoms with van der Waals surface area (Å²) < 4.78 is 12.5. The number of carbonyl (C=O) groups excluding carboxylic acids is 1. The number of thioether (sulfide) groups is 1. The van der Waals surface area contributed by atoms with E-state index in [0.717, 1.165) is 17.1 Å². The van der Waals surface area contributed by atoms with E-state index in [1.165, 1.54) is 11.8 Å². The van der Waals surface area contributed by atoms with Crippen LogP contribution in [-0.2, 0) is 17.6 Å². The van der Waals surface area contributed by atoms with Gasteiger partial charge in [0.15, 0.2) is 5.76 Å². The summed E-state index contributed by atoms with van der Waals surface area (Å²) in [5.41, 5.74) is 1.68. The molecule has 3 aromatic heterocycles. The molecule has 3 heterocycles. The number of nitrogens with one attached hydrogen (secondary N) is 1. The summed E-state index contributed by atoms with van der Waals surface area (Å²) >= 11 is 1.48. The Kier molecular flexibility index (Phi) is 4.75. The molecule has 1 N–H and O–H groups in total. The van der Waals surface area contributed by atoms with Gasteiger partial charge in [-0.1, -0.05) is 0 Å². The first kappa shape index (κ1) is 16.4. The van der Waals surface area contributed by atoms with Crippen LogP contribution < -0.4 is 5.32 Å². The Labute approximate surface area is 143 Å². The van der Waals surface area contributed by atoms with Gasteiger partial charge in [-0.3, -0.25) is 9.48 Å². The highest BCUT2D eigenvalue weighted by atomic mass is 32.2. The van der Waals surface area contributed by atoms with Crippen LogP contribution in [0.3, 0.4) is 0 Å². The summed E-state index contributed by atoms with van der Waals surface area (Å²) in [6.07, 6.45) is 1.58. The van der Waals surface area contributed by atoms with Crippen molar-refractivity contribution in [2.45, 2.75) is 19.6 Å². The largest absolute Gasteiger partial charge is 0.459 e. The van der Waals surface area contributed by atoms with Crippen LogP contribution in [0.1, 0.15) is 17.1 Å². The van der Waals surface area contributed by atoms with Crippen LogP contribution in [0.15, 0.2) is 33.3 Å². The van der Waals surface area contributed by atoms with E-state index in [1.807, 2.05) is 19.9 Å². The minimum absolute atomic E-state index is 0.0737. The van der Waals surface area contributed by atoms with Gasteiger partial charge in [0.25, 0.3) is 5.89 Å². The van der Waals surface area contributed by atoms with Gasteiger partial charge in [0.05, 0.1) is 23.4 Å². The van der Waals surface area contributed by atoms with Crippen LogP contribution in [-0.4, -0.2) is 26.4 Å². The van der Waals surface area contributed by atoms with E-state index >= 15 is 0 Å². The third-order valence-electron chi connectivity index (χ3n) is 3.37. The normalized spacial score (nSPS) is 11.0. The average molecular weight is 346 g/mol. The van der Waals surface area contributed by atoms with E-state index in [-0.39, 0.29) is 5.91 Å². The third kappa shape index (κ3) is 3.70. The summed E-state index contributed by atoms with van der Waals surface area (Å²) in [4.78, 5) is 16.4. The van der Waals surface area contributed by atoms with Crippen molar-refractivity contribution in [1.82, 2.24) is 14.8 Å². The zero-order valence-electron chi connectivity index (χ0n) is 13.7.